The quantitative estimate of drug-likeness (QED) is 0.604. The van der Waals surface area contributed by atoms with E-state index < -0.39 is 0 Å². The fourth-order valence-corrected chi connectivity index (χ4v) is 2.55. The van der Waals surface area contributed by atoms with Crippen molar-refractivity contribution in [2.24, 2.45) is 4.99 Å². The van der Waals surface area contributed by atoms with E-state index in [1.165, 1.54) is 27.3 Å². The fourth-order valence-electron chi connectivity index (χ4n) is 2.55. The molecule has 2 aliphatic rings. The Morgan fingerprint density at radius 2 is 2.00 bits per heavy atom. The molecular formula is C14H9N. The van der Waals surface area contributed by atoms with Crippen LogP contribution in [0.25, 0.3) is 22.5 Å². The molecular weight excluding hydrogens is 182 g/mol. The van der Waals surface area contributed by atoms with Gasteiger partial charge in [-0.3, -0.25) is 0 Å². The van der Waals surface area contributed by atoms with Crippen LogP contribution >= 0.6 is 0 Å². The Morgan fingerprint density at radius 3 is 3.00 bits per heavy atom. The summed E-state index contributed by atoms with van der Waals surface area (Å²) in [6.07, 6.45) is 5.49. The first-order valence-corrected chi connectivity index (χ1v) is 5.25. The number of rotatable bonds is 0. The highest BCUT2D eigenvalue weighted by molar-refractivity contribution is 5.97. The van der Waals surface area contributed by atoms with Gasteiger partial charge < -0.3 is 0 Å². The molecule has 0 saturated heterocycles. The lowest BCUT2D eigenvalue weighted by Crippen LogP contribution is -2.10. The van der Waals surface area contributed by atoms with Gasteiger partial charge in [0.25, 0.3) is 0 Å². The van der Waals surface area contributed by atoms with E-state index in [0.29, 0.717) is 0 Å². The Kier molecular flexibility index (Phi) is 1.17. The van der Waals surface area contributed by atoms with E-state index in [-0.39, 0.29) is 0 Å². The molecule has 2 aromatic carbocycles. The second kappa shape index (κ2) is 2.37. The van der Waals surface area contributed by atoms with Crippen molar-refractivity contribution in [3.05, 3.63) is 52.5 Å². The number of hydrogen-bond acceptors (Lipinski definition) is 1. The Morgan fingerprint density at radius 1 is 1.00 bits per heavy atom. The maximum Gasteiger partial charge on any atom is 0.0722 e. The van der Waals surface area contributed by atoms with Crippen molar-refractivity contribution in [1.82, 2.24) is 0 Å². The van der Waals surface area contributed by atoms with Gasteiger partial charge in [0.2, 0.25) is 0 Å². The molecule has 0 unspecified atom stereocenters. The predicted octanol–water partition coefficient (Wildman–Crippen LogP) is 2.00. The third kappa shape index (κ3) is 0.809. The summed E-state index contributed by atoms with van der Waals surface area (Å²) in [5.74, 6) is 0. The van der Waals surface area contributed by atoms with Crippen molar-refractivity contribution < 1.29 is 0 Å². The van der Waals surface area contributed by atoms with Gasteiger partial charge in [0.1, 0.15) is 0 Å². The molecule has 0 aromatic heterocycles. The smallest absolute Gasteiger partial charge is 0.0722 e. The molecule has 1 heterocycles. The number of hydrogen-bond donors (Lipinski definition) is 0. The predicted molar refractivity (Wildman–Crippen MR) is 61.8 cm³/mol. The van der Waals surface area contributed by atoms with Gasteiger partial charge in [-0.1, -0.05) is 36.4 Å². The molecule has 4 rings (SSSR count). The van der Waals surface area contributed by atoms with Crippen LogP contribution in [0, 0.1) is 0 Å². The normalized spacial score (nSPS) is 15.9. The van der Waals surface area contributed by atoms with E-state index in [0.717, 1.165) is 11.8 Å². The standard InChI is InChI=1S/C14H9N/c1-3-9-7-8-10-4-2-6-12-14(10)13(9)11(5-1)15-12/h1,3-8H,2H2. The summed E-state index contributed by atoms with van der Waals surface area (Å²) < 4.78 is 0. The minimum atomic E-state index is 1.01. The van der Waals surface area contributed by atoms with E-state index >= 15 is 0 Å². The zero-order valence-electron chi connectivity index (χ0n) is 8.20. The minimum absolute atomic E-state index is 1.01. The zero-order valence-corrected chi connectivity index (χ0v) is 8.20. The highest BCUT2D eigenvalue weighted by Crippen LogP contribution is 2.26. The first kappa shape index (κ1) is 7.41. The van der Waals surface area contributed by atoms with Gasteiger partial charge in [0, 0.05) is 10.9 Å². The summed E-state index contributed by atoms with van der Waals surface area (Å²) in [7, 11) is 0. The molecule has 0 spiro atoms. The highest BCUT2D eigenvalue weighted by Gasteiger charge is 2.16. The Bertz CT molecular complexity index is 736. The summed E-state index contributed by atoms with van der Waals surface area (Å²) in [6, 6.07) is 10.7. The van der Waals surface area contributed by atoms with Crippen LogP contribution in [0.4, 0.5) is 0 Å². The SMILES string of the molecule is C1=C2N=c3cccc4ccc(c2c34)=CC1. The van der Waals surface area contributed by atoms with Crippen molar-refractivity contribution >= 4 is 22.5 Å². The first-order chi connectivity index (χ1) is 7.43. The summed E-state index contributed by atoms with van der Waals surface area (Å²) in [4.78, 5) is 4.67. The van der Waals surface area contributed by atoms with Crippen LogP contribution < -0.4 is 10.6 Å². The molecule has 1 heteroatoms. The summed E-state index contributed by atoms with van der Waals surface area (Å²) in [5, 5.41) is 5.10. The Balaban J connectivity index is 2.45. The lowest BCUT2D eigenvalue weighted by molar-refractivity contribution is 1.36. The van der Waals surface area contributed by atoms with Crippen LogP contribution in [0.3, 0.4) is 0 Å². The summed E-state index contributed by atoms with van der Waals surface area (Å²) in [6.45, 7) is 0. The molecule has 15 heavy (non-hydrogen) atoms. The van der Waals surface area contributed by atoms with Crippen LogP contribution in [-0.2, 0) is 0 Å². The van der Waals surface area contributed by atoms with Crippen molar-refractivity contribution in [2.45, 2.75) is 6.42 Å². The maximum atomic E-state index is 4.67. The average Bonchev–Trinajstić information content (AvgIpc) is 2.66. The third-order valence-electron chi connectivity index (χ3n) is 3.20. The molecule has 0 atom stereocenters. The van der Waals surface area contributed by atoms with E-state index in [2.05, 4.69) is 47.5 Å². The largest absolute Gasteiger partial charge is 0.248 e. The minimum Gasteiger partial charge on any atom is -0.248 e. The van der Waals surface area contributed by atoms with Gasteiger partial charge in [0.15, 0.2) is 0 Å². The van der Waals surface area contributed by atoms with Crippen LogP contribution in [0.5, 0.6) is 0 Å². The van der Waals surface area contributed by atoms with Crippen molar-refractivity contribution in [3.63, 3.8) is 0 Å². The molecule has 0 amide bonds. The monoisotopic (exact) mass is 191 g/mol. The molecule has 1 aliphatic heterocycles. The van der Waals surface area contributed by atoms with Gasteiger partial charge >= 0.3 is 0 Å². The Hall–Kier alpha value is -1.89. The Labute approximate surface area is 87.1 Å². The van der Waals surface area contributed by atoms with Gasteiger partial charge in [-0.15, -0.1) is 0 Å². The number of allylic oxidation sites excluding steroid dienone is 1. The van der Waals surface area contributed by atoms with Crippen LogP contribution in [0.2, 0.25) is 0 Å². The van der Waals surface area contributed by atoms with Gasteiger partial charge in [-0.2, -0.15) is 0 Å². The molecule has 1 nitrogen and oxygen atoms in total. The molecule has 0 N–H and O–H groups in total. The second-order valence-electron chi connectivity index (χ2n) is 4.05. The van der Waals surface area contributed by atoms with Crippen molar-refractivity contribution in [1.29, 1.82) is 0 Å². The molecule has 1 aliphatic carbocycles. The van der Waals surface area contributed by atoms with Crippen molar-refractivity contribution in [2.75, 3.05) is 0 Å². The number of nitrogens with zero attached hydrogens (tertiary/aromatic N) is 1. The van der Waals surface area contributed by atoms with Crippen molar-refractivity contribution in [3.8, 4) is 0 Å². The molecule has 0 radical (unpaired) electrons. The molecule has 0 saturated carbocycles. The molecule has 0 fully saturated rings. The lowest BCUT2D eigenvalue weighted by atomic mass is 9.98. The molecule has 70 valence electrons. The van der Waals surface area contributed by atoms with Crippen LogP contribution in [0.1, 0.15) is 12.0 Å². The third-order valence-corrected chi connectivity index (χ3v) is 3.20. The second-order valence-corrected chi connectivity index (χ2v) is 4.05. The lowest BCUT2D eigenvalue weighted by Gasteiger charge is -2.06. The first-order valence-electron chi connectivity index (χ1n) is 5.25. The van der Waals surface area contributed by atoms with E-state index in [1.54, 1.807) is 0 Å². The maximum absolute atomic E-state index is 4.67. The highest BCUT2D eigenvalue weighted by atomic mass is 14.8. The zero-order chi connectivity index (χ0) is 9.83. The topological polar surface area (TPSA) is 12.4 Å². The summed E-state index contributed by atoms with van der Waals surface area (Å²) in [5.41, 5.74) is 2.51. The van der Waals surface area contributed by atoms with E-state index in [1.807, 2.05) is 0 Å². The number of benzene rings is 2. The van der Waals surface area contributed by atoms with E-state index in [4.69, 9.17) is 0 Å². The van der Waals surface area contributed by atoms with E-state index in [9.17, 15) is 0 Å². The molecule has 2 aromatic rings. The van der Waals surface area contributed by atoms with Gasteiger partial charge in [-0.25, -0.2) is 4.99 Å². The van der Waals surface area contributed by atoms with Gasteiger partial charge in [-0.05, 0) is 23.1 Å². The van der Waals surface area contributed by atoms with Crippen LogP contribution in [0.15, 0.2) is 41.4 Å². The molecule has 0 bridgehead atoms. The van der Waals surface area contributed by atoms with Gasteiger partial charge in [0.05, 0.1) is 11.1 Å². The van der Waals surface area contributed by atoms with Crippen LogP contribution in [-0.4, -0.2) is 0 Å². The average molecular weight is 191 g/mol. The summed E-state index contributed by atoms with van der Waals surface area (Å²) >= 11 is 0. The fraction of sp³-hybridized carbons (Fsp3) is 0.0714.